The summed E-state index contributed by atoms with van der Waals surface area (Å²) in [6.07, 6.45) is 0.723. The number of aryl methyl sites for hydroxylation is 1. The molecule has 0 fully saturated rings. The Kier molecular flexibility index (Phi) is 11.2. The van der Waals surface area contributed by atoms with Crippen LogP contribution in [0, 0.1) is 6.92 Å². The van der Waals surface area contributed by atoms with E-state index >= 15 is 0 Å². The quantitative estimate of drug-likeness (QED) is 0.258. The van der Waals surface area contributed by atoms with E-state index < -0.39 is 28.5 Å². The standard InChI is InChI=1S/C30H35BrClN3O5S/c1-6-21(3)33-30(37)22(4)34(18-23-9-11-24(32)12-10-23)29(36)19-35(25-13-7-20(2)8-14-25)41(38,39)26-15-16-28(40-5)27(31)17-26/h7-17,21-22H,6,18-19H2,1-5H3,(H,33,37)/t21-,22+/m0/s1. The summed E-state index contributed by atoms with van der Waals surface area (Å²) in [5.74, 6) is -0.397. The maximum absolute atomic E-state index is 14.0. The van der Waals surface area contributed by atoms with E-state index in [0.29, 0.717) is 20.9 Å². The number of hydrogen-bond acceptors (Lipinski definition) is 5. The number of nitrogens with zero attached hydrogens (tertiary/aromatic N) is 2. The molecule has 0 aliphatic heterocycles. The van der Waals surface area contributed by atoms with Gasteiger partial charge in [0.2, 0.25) is 11.8 Å². The van der Waals surface area contributed by atoms with Crippen molar-refractivity contribution in [2.24, 2.45) is 0 Å². The van der Waals surface area contributed by atoms with Gasteiger partial charge in [0.15, 0.2) is 0 Å². The summed E-state index contributed by atoms with van der Waals surface area (Å²) >= 11 is 9.41. The first-order valence-electron chi connectivity index (χ1n) is 13.1. The molecule has 3 aromatic carbocycles. The molecule has 41 heavy (non-hydrogen) atoms. The highest BCUT2D eigenvalue weighted by Crippen LogP contribution is 2.31. The highest BCUT2D eigenvalue weighted by Gasteiger charge is 2.33. The number of halogens is 2. The summed E-state index contributed by atoms with van der Waals surface area (Å²) in [7, 11) is -2.72. The molecule has 0 aliphatic carbocycles. The number of amides is 2. The predicted molar refractivity (Wildman–Crippen MR) is 166 cm³/mol. The molecule has 0 unspecified atom stereocenters. The highest BCUT2D eigenvalue weighted by atomic mass is 79.9. The molecule has 0 aliphatic rings. The van der Waals surface area contributed by atoms with Gasteiger partial charge in [-0.25, -0.2) is 8.42 Å². The maximum atomic E-state index is 14.0. The second-order valence-corrected chi connectivity index (χ2v) is 12.9. The minimum Gasteiger partial charge on any atom is -0.496 e. The Bertz CT molecular complexity index is 1470. The Morgan fingerprint density at radius 2 is 1.66 bits per heavy atom. The van der Waals surface area contributed by atoms with E-state index in [1.165, 1.54) is 24.1 Å². The van der Waals surface area contributed by atoms with Crippen LogP contribution in [0.5, 0.6) is 5.75 Å². The van der Waals surface area contributed by atoms with Crippen LogP contribution in [0.2, 0.25) is 5.02 Å². The maximum Gasteiger partial charge on any atom is 0.264 e. The van der Waals surface area contributed by atoms with Gasteiger partial charge in [-0.05, 0) is 91.1 Å². The molecule has 8 nitrogen and oxygen atoms in total. The minimum absolute atomic E-state index is 0.0228. The molecular weight excluding hydrogens is 630 g/mol. The molecule has 2 atom stereocenters. The van der Waals surface area contributed by atoms with Gasteiger partial charge in [-0.15, -0.1) is 0 Å². The van der Waals surface area contributed by atoms with Crippen LogP contribution in [0.1, 0.15) is 38.3 Å². The van der Waals surface area contributed by atoms with Gasteiger partial charge in [0.25, 0.3) is 10.0 Å². The molecule has 0 spiro atoms. The predicted octanol–water partition coefficient (Wildman–Crippen LogP) is 5.95. The molecule has 220 valence electrons. The van der Waals surface area contributed by atoms with E-state index in [9.17, 15) is 18.0 Å². The average Bonchev–Trinajstić information content (AvgIpc) is 2.95. The summed E-state index contributed by atoms with van der Waals surface area (Å²) in [5, 5.41) is 3.46. The van der Waals surface area contributed by atoms with Crippen molar-refractivity contribution in [1.82, 2.24) is 10.2 Å². The first-order chi connectivity index (χ1) is 19.4. The van der Waals surface area contributed by atoms with Crippen LogP contribution in [0.3, 0.4) is 0 Å². The third-order valence-electron chi connectivity index (χ3n) is 6.75. The average molecular weight is 665 g/mol. The van der Waals surface area contributed by atoms with Gasteiger partial charge in [-0.2, -0.15) is 0 Å². The van der Waals surface area contributed by atoms with Crippen LogP contribution in [-0.4, -0.2) is 50.9 Å². The Morgan fingerprint density at radius 3 is 2.22 bits per heavy atom. The number of methoxy groups -OCH3 is 1. The molecule has 1 N–H and O–H groups in total. The first-order valence-corrected chi connectivity index (χ1v) is 15.8. The van der Waals surface area contributed by atoms with Crippen LogP contribution in [0.15, 0.2) is 76.1 Å². The number of benzene rings is 3. The molecule has 0 aromatic heterocycles. The number of nitrogens with one attached hydrogen (secondary N) is 1. The monoisotopic (exact) mass is 663 g/mol. The molecule has 2 amide bonds. The van der Waals surface area contributed by atoms with E-state index in [1.54, 1.807) is 61.5 Å². The van der Waals surface area contributed by atoms with E-state index in [2.05, 4.69) is 21.2 Å². The van der Waals surface area contributed by atoms with Gasteiger partial charge in [0.05, 0.1) is 22.2 Å². The number of rotatable bonds is 12. The van der Waals surface area contributed by atoms with Crippen molar-refractivity contribution < 1.29 is 22.7 Å². The van der Waals surface area contributed by atoms with Crippen molar-refractivity contribution in [3.05, 3.63) is 87.4 Å². The van der Waals surface area contributed by atoms with Crippen molar-refractivity contribution in [1.29, 1.82) is 0 Å². The van der Waals surface area contributed by atoms with Crippen LogP contribution in [-0.2, 0) is 26.2 Å². The molecule has 3 rings (SSSR count). The zero-order valence-corrected chi connectivity index (χ0v) is 26.9. The second kappa shape index (κ2) is 14.2. The topological polar surface area (TPSA) is 96.0 Å². The molecule has 0 saturated heterocycles. The van der Waals surface area contributed by atoms with Crippen molar-refractivity contribution in [3.8, 4) is 5.75 Å². The van der Waals surface area contributed by atoms with Crippen molar-refractivity contribution in [2.75, 3.05) is 18.0 Å². The fourth-order valence-corrected chi connectivity index (χ4v) is 6.27. The van der Waals surface area contributed by atoms with Crippen molar-refractivity contribution in [2.45, 2.75) is 57.6 Å². The van der Waals surface area contributed by atoms with Crippen LogP contribution in [0.25, 0.3) is 0 Å². The summed E-state index contributed by atoms with van der Waals surface area (Å²) in [6.45, 7) is 6.92. The van der Waals surface area contributed by atoms with Crippen molar-refractivity contribution >= 4 is 55.1 Å². The second-order valence-electron chi connectivity index (χ2n) is 9.79. The van der Waals surface area contributed by atoms with Crippen molar-refractivity contribution in [3.63, 3.8) is 0 Å². The minimum atomic E-state index is -4.21. The summed E-state index contributed by atoms with van der Waals surface area (Å²) in [4.78, 5) is 28.5. The first kappa shape index (κ1) is 32.4. The lowest BCUT2D eigenvalue weighted by atomic mass is 10.1. The summed E-state index contributed by atoms with van der Waals surface area (Å²) in [5.41, 5.74) is 2.00. The molecular formula is C30H35BrClN3O5S. The zero-order chi connectivity index (χ0) is 30.3. The number of carbonyl (C=O) groups is 2. The molecule has 11 heteroatoms. The van der Waals surface area contributed by atoms with Gasteiger partial charge in [-0.3, -0.25) is 13.9 Å². The highest BCUT2D eigenvalue weighted by molar-refractivity contribution is 9.10. The third kappa shape index (κ3) is 8.24. The van der Waals surface area contributed by atoms with E-state index in [1.807, 2.05) is 20.8 Å². The largest absolute Gasteiger partial charge is 0.496 e. The lowest BCUT2D eigenvalue weighted by Gasteiger charge is -2.32. The van der Waals surface area contributed by atoms with E-state index in [0.717, 1.165) is 21.9 Å². The Hall–Kier alpha value is -3.08. The SMILES string of the molecule is CC[C@H](C)NC(=O)[C@@H](C)N(Cc1ccc(Cl)cc1)C(=O)CN(c1ccc(C)cc1)S(=O)(=O)c1ccc(OC)c(Br)c1. The number of ether oxygens (including phenoxy) is 1. The Morgan fingerprint density at radius 1 is 1.02 bits per heavy atom. The van der Waals surface area contributed by atoms with E-state index in [4.69, 9.17) is 16.3 Å². The molecule has 0 radical (unpaired) electrons. The van der Waals surface area contributed by atoms with Gasteiger partial charge in [0.1, 0.15) is 18.3 Å². The fourth-order valence-electron chi connectivity index (χ4n) is 4.01. The lowest BCUT2D eigenvalue weighted by Crippen LogP contribution is -2.52. The number of carbonyl (C=O) groups excluding carboxylic acids is 2. The normalized spacial score (nSPS) is 12.8. The van der Waals surface area contributed by atoms with Gasteiger partial charge < -0.3 is 15.0 Å². The van der Waals surface area contributed by atoms with Gasteiger partial charge in [0, 0.05) is 17.6 Å². The number of hydrogen-bond donors (Lipinski definition) is 1. The smallest absolute Gasteiger partial charge is 0.264 e. The summed E-state index contributed by atoms with van der Waals surface area (Å²) < 4.78 is 34.8. The number of sulfonamides is 1. The Balaban J connectivity index is 2.04. The fraction of sp³-hybridized carbons (Fsp3) is 0.333. The molecule has 0 heterocycles. The van der Waals surface area contributed by atoms with Crippen LogP contribution < -0.4 is 14.4 Å². The molecule has 0 saturated carbocycles. The van der Waals surface area contributed by atoms with Crippen LogP contribution >= 0.6 is 27.5 Å². The zero-order valence-electron chi connectivity index (χ0n) is 23.7. The summed E-state index contributed by atoms with van der Waals surface area (Å²) in [6, 6.07) is 17.3. The Labute approximate surface area is 255 Å². The molecule has 0 bridgehead atoms. The van der Waals surface area contributed by atoms with E-state index in [-0.39, 0.29) is 23.4 Å². The van der Waals surface area contributed by atoms with Crippen LogP contribution in [0.4, 0.5) is 5.69 Å². The molecule has 3 aromatic rings. The number of anilines is 1. The van der Waals surface area contributed by atoms with Gasteiger partial charge >= 0.3 is 0 Å². The van der Waals surface area contributed by atoms with Gasteiger partial charge in [-0.1, -0.05) is 48.4 Å². The third-order valence-corrected chi connectivity index (χ3v) is 9.39. The lowest BCUT2D eigenvalue weighted by molar-refractivity contribution is -0.139.